The molecule has 0 bridgehead atoms. The van der Waals surface area contributed by atoms with Crippen molar-refractivity contribution in [2.45, 2.75) is 25.7 Å². The van der Waals surface area contributed by atoms with Crippen LogP contribution >= 0.6 is 15.9 Å². The average Bonchev–Trinajstić information content (AvgIpc) is 2.48. The van der Waals surface area contributed by atoms with Gasteiger partial charge >= 0.3 is 0 Å². The number of nitrogens with zero attached hydrogens (tertiary/aromatic N) is 1. The maximum atomic E-state index is 12.4. The van der Waals surface area contributed by atoms with E-state index in [1.165, 1.54) is 6.42 Å². The average molecular weight is 340 g/mol. The van der Waals surface area contributed by atoms with E-state index in [0.29, 0.717) is 12.3 Å². The van der Waals surface area contributed by atoms with Gasteiger partial charge in [0.1, 0.15) is 5.75 Å². The fourth-order valence-electron chi connectivity index (χ4n) is 2.71. The molecule has 4 heteroatoms. The third-order valence-electron chi connectivity index (χ3n) is 3.90. The van der Waals surface area contributed by atoms with E-state index in [1.54, 1.807) is 7.11 Å². The van der Waals surface area contributed by atoms with E-state index < -0.39 is 0 Å². The number of amides is 1. The second kappa shape index (κ2) is 7.67. The van der Waals surface area contributed by atoms with E-state index >= 15 is 0 Å². The van der Waals surface area contributed by atoms with E-state index in [4.69, 9.17) is 4.74 Å². The molecule has 1 atom stereocenters. The summed E-state index contributed by atoms with van der Waals surface area (Å²) in [7, 11) is 1.65. The molecule has 20 heavy (non-hydrogen) atoms. The van der Waals surface area contributed by atoms with Gasteiger partial charge in [0.2, 0.25) is 5.91 Å². The van der Waals surface area contributed by atoms with E-state index in [0.717, 1.165) is 42.6 Å². The van der Waals surface area contributed by atoms with Crippen LogP contribution in [-0.2, 0) is 11.2 Å². The second-order valence-corrected chi connectivity index (χ2v) is 6.14. The molecule has 2 rings (SSSR count). The molecule has 1 aliphatic heterocycles. The normalized spacial score (nSPS) is 18.9. The van der Waals surface area contributed by atoms with Crippen molar-refractivity contribution in [1.82, 2.24) is 4.90 Å². The number of likely N-dealkylation sites (tertiary alicyclic amines) is 1. The van der Waals surface area contributed by atoms with E-state index in [-0.39, 0.29) is 5.91 Å². The van der Waals surface area contributed by atoms with Gasteiger partial charge < -0.3 is 9.64 Å². The molecule has 1 aromatic rings. The summed E-state index contributed by atoms with van der Waals surface area (Å²) in [6, 6.07) is 7.76. The molecule has 0 saturated carbocycles. The number of piperidine rings is 1. The Kier molecular flexibility index (Phi) is 5.89. The van der Waals surface area contributed by atoms with E-state index in [9.17, 15) is 4.79 Å². The highest BCUT2D eigenvalue weighted by atomic mass is 79.9. The monoisotopic (exact) mass is 339 g/mol. The smallest absolute Gasteiger partial charge is 0.226 e. The van der Waals surface area contributed by atoms with Crippen molar-refractivity contribution in [3.8, 4) is 5.75 Å². The Morgan fingerprint density at radius 3 is 2.80 bits per heavy atom. The van der Waals surface area contributed by atoms with Gasteiger partial charge in [-0.05, 0) is 42.9 Å². The van der Waals surface area contributed by atoms with Crippen molar-refractivity contribution in [2.75, 3.05) is 25.5 Å². The quantitative estimate of drug-likeness (QED) is 0.770. The standard InChI is InChI=1S/C16H22BrNO2/c1-20-15-6-4-13(5-7-15)11-16(19)18-10-2-3-14(12-18)8-9-17/h4-7,14H,2-3,8-12H2,1H3. The van der Waals surface area contributed by atoms with Gasteiger partial charge in [-0.25, -0.2) is 0 Å². The molecule has 0 aromatic heterocycles. The first-order valence-corrected chi connectivity index (χ1v) is 8.31. The molecule has 1 aromatic carbocycles. The predicted molar refractivity (Wildman–Crippen MR) is 84.4 cm³/mol. The number of benzene rings is 1. The number of carbonyl (C=O) groups excluding carboxylic acids is 1. The van der Waals surface area contributed by atoms with Gasteiger partial charge in [0.05, 0.1) is 13.5 Å². The summed E-state index contributed by atoms with van der Waals surface area (Å²) in [5, 5.41) is 1.03. The van der Waals surface area contributed by atoms with Crippen LogP contribution in [0, 0.1) is 5.92 Å². The number of alkyl halides is 1. The van der Waals surface area contributed by atoms with Crippen LogP contribution in [0.15, 0.2) is 24.3 Å². The molecule has 1 unspecified atom stereocenters. The molecule has 0 spiro atoms. The number of rotatable bonds is 5. The molecular weight excluding hydrogens is 318 g/mol. The number of methoxy groups -OCH3 is 1. The van der Waals surface area contributed by atoms with Gasteiger partial charge in [0, 0.05) is 18.4 Å². The summed E-state index contributed by atoms with van der Waals surface area (Å²) >= 11 is 3.49. The molecule has 1 saturated heterocycles. The Morgan fingerprint density at radius 2 is 2.15 bits per heavy atom. The number of carbonyl (C=O) groups is 1. The van der Waals surface area contributed by atoms with Gasteiger partial charge in [-0.2, -0.15) is 0 Å². The second-order valence-electron chi connectivity index (χ2n) is 5.35. The van der Waals surface area contributed by atoms with Gasteiger partial charge in [0.15, 0.2) is 0 Å². The molecule has 1 amide bonds. The highest BCUT2D eigenvalue weighted by molar-refractivity contribution is 9.09. The molecule has 1 aliphatic rings. The van der Waals surface area contributed by atoms with Crippen LogP contribution < -0.4 is 4.74 Å². The summed E-state index contributed by atoms with van der Waals surface area (Å²) in [6.45, 7) is 1.83. The van der Waals surface area contributed by atoms with Crippen molar-refractivity contribution in [3.63, 3.8) is 0 Å². The number of halogens is 1. The van der Waals surface area contributed by atoms with Crippen LogP contribution in [0.5, 0.6) is 5.75 Å². The number of hydrogen-bond donors (Lipinski definition) is 0. The highest BCUT2D eigenvalue weighted by Crippen LogP contribution is 2.21. The molecule has 0 radical (unpaired) electrons. The zero-order valence-electron chi connectivity index (χ0n) is 12.0. The lowest BCUT2D eigenvalue weighted by Gasteiger charge is -2.32. The highest BCUT2D eigenvalue weighted by Gasteiger charge is 2.23. The van der Waals surface area contributed by atoms with Crippen LogP contribution in [0.1, 0.15) is 24.8 Å². The third kappa shape index (κ3) is 4.23. The summed E-state index contributed by atoms with van der Waals surface area (Å²) in [4.78, 5) is 14.4. The van der Waals surface area contributed by atoms with Gasteiger partial charge in [-0.15, -0.1) is 0 Å². The van der Waals surface area contributed by atoms with Crippen molar-refractivity contribution < 1.29 is 9.53 Å². The molecule has 1 heterocycles. The van der Waals surface area contributed by atoms with Gasteiger partial charge in [0.25, 0.3) is 0 Å². The van der Waals surface area contributed by atoms with Crippen LogP contribution in [0.25, 0.3) is 0 Å². The molecule has 1 fully saturated rings. The summed E-state index contributed by atoms with van der Waals surface area (Å²) in [6.07, 6.45) is 4.03. The van der Waals surface area contributed by atoms with E-state index in [2.05, 4.69) is 15.9 Å². The molecule has 110 valence electrons. The van der Waals surface area contributed by atoms with Crippen LogP contribution in [-0.4, -0.2) is 36.3 Å². The topological polar surface area (TPSA) is 29.5 Å². The number of hydrogen-bond acceptors (Lipinski definition) is 2. The van der Waals surface area contributed by atoms with Crippen LogP contribution in [0.2, 0.25) is 0 Å². The first-order valence-electron chi connectivity index (χ1n) is 7.19. The third-order valence-corrected chi connectivity index (χ3v) is 4.36. The minimum atomic E-state index is 0.245. The fraction of sp³-hybridized carbons (Fsp3) is 0.562. The Balaban J connectivity index is 1.89. The summed E-state index contributed by atoms with van der Waals surface area (Å²) in [5.74, 6) is 1.73. The Labute approximate surface area is 129 Å². The van der Waals surface area contributed by atoms with Crippen molar-refractivity contribution in [1.29, 1.82) is 0 Å². The maximum Gasteiger partial charge on any atom is 0.226 e. The largest absolute Gasteiger partial charge is 0.497 e. The Morgan fingerprint density at radius 1 is 1.40 bits per heavy atom. The van der Waals surface area contributed by atoms with Crippen molar-refractivity contribution in [2.24, 2.45) is 5.92 Å². The van der Waals surface area contributed by atoms with Gasteiger partial charge in [-0.1, -0.05) is 28.1 Å². The number of ether oxygens (including phenoxy) is 1. The predicted octanol–water partition coefficient (Wildman–Crippen LogP) is 3.26. The lowest BCUT2D eigenvalue weighted by Crippen LogP contribution is -2.40. The van der Waals surface area contributed by atoms with Crippen LogP contribution in [0.4, 0.5) is 0 Å². The molecule has 3 nitrogen and oxygen atoms in total. The van der Waals surface area contributed by atoms with Crippen molar-refractivity contribution >= 4 is 21.8 Å². The maximum absolute atomic E-state index is 12.4. The van der Waals surface area contributed by atoms with Crippen molar-refractivity contribution in [3.05, 3.63) is 29.8 Å². The Hall–Kier alpha value is -1.03. The molecule has 0 N–H and O–H groups in total. The zero-order valence-corrected chi connectivity index (χ0v) is 13.6. The zero-order chi connectivity index (χ0) is 14.4. The SMILES string of the molecule is COc1ccc(CC(=O)N2CCCC(CCBr)C2)cc1. The lowest BCUT2D eigenvalue weighted by atomic mass is 9.95. The van der Waals surface area contributed by atoms with Crippen LogP contribution in [0.3, 0.4) is 0 Å². The fourth-order valence-corrected chi connectivity index (χ4v) is 3.36. The minimum Gasteiger partial charge on any atom is -0.497 e. The minimum absolute atomic E-state index is 0.245. The lowest BCUT2D eigenvalue weighted by molar-refractivity contribution is -0.132. The van der Waals surface area contributed by atoms with E-state index in [1.807, 2.05) is 29.2 Å². The Bertz CT molecular complexity index is 431. The van der Waals surface area contributed by atoms with Gasteiger partial charge in [-0.3, -0.25) is 4.79 Å². The first-order chi connectivity index (χ1) is 9.72. The molecule has 0 aliphatic carbocycles. The molecular formula is C16H22BrNO2. The summed E-state index contributed by atoms with van der Waals surface area (Å²) in [5.41, 5.74) is 1.05. The first kappa shape index (κ1) is 15.4. The summed E-state index contributed by atoms with van der Waals surface area (Å²) < 4.78 is 5.13.